The molecule has 6 nitrogen and oxygen atoms in total. The van der Waals surface area contributed by atoms with E-state index in [1.807, 2.05) is 75.7 Å². The third kappa shape index (κ3) is 7.40. The molecule has 178 valence electrons. The van der Waals surface area contributed by atoms with Gasteiger partial charge in [0.1, 0.15) is 18.2 Å². The van der Waals surface area contributed by atoms with Crippen LogP contribution in [0.15, 0.2) is 101 Å². The van der Waals surface area contributed by atoms with Gasteiger partial charge in [0, 0.05) is 23.7 Å². The van der Waals surface area contributed by atoms with Crippen molar-refractivity contribution in [3.8, 4) is 0 Å². The van der Waals surface area contributed by atoms with Gasteiger partial charge in [-0.2, -0.15) is 0 Å². The first-order chi connectivity index (χ1) is 17.0. The highest BCUT2D eigenvalue weighted by Crippen LogP contribution is 2.30. The Bertz CT molecular complexity index is 1210. The number of hydrogen-bond acceptors (Lipinski definition) is 5. The van der Waals surface area contributed by atoms with Gasteiger partial charge in [-0.3, -0.25) is 20.4 Å². The van der Waals surface area contributed by atoms with Crippen LogP contribution in [0.25, 0.3) is 0 Å². The summed E-state index contributed by atoms with van der Waals surface area (Å²) in [5, 5.41) is 6.58. The molecule has 4 rings (SSSR count). The highest BCUT2D eigenvalue weighted by Gasteiger charge is 2.29. The second kappa shape index (κ2) is 12.9. The summed E-state index contributed by atoms with van der Waals surface area (Å²) in [6.45, 7) is 8.81. The molecular formula is C29H32N6. The second-order valence-corrected chi connectivity index (χ2v) is 8.20. The van der Waals surface area contributed by atoms with E-state index in [9.17, 15) is 0 Å². The highest BCUT2D eigenvalue weighted by molar-refractivity contribution is 6.11. The van der Waals surface area contributed by atoms with Crippen molar-refractivity contribution in [2.75, 3.05) is 11.4 Å². The number of pyridine rings is 2. The Morgan fingerprint density at radius 1 is 1.06 bits per heavy atom. The van der Waals surface area contributed by atoms with Crippen LogP contribution in [0.5, 0.6) is 0 Å². The van der Waals surface area contributed by atoms with Gasteiger partial charge in [0.15, 0.2) is 0 Å². The molecule has 3 heterocycles. The molecule has 35 heavy (non-hydrogen) atoms. The van der Waals surface area contributed by atoms with Crippen LogP contribution in [-0.2, 0) is 0 Å². The minimum absolute atomic E-state index is 0.0267. The molecule has 0 spiro atoms. The lowest BCUT2D eigenvalue weighted by atomic mass is 10.1. The number of aliphatic imine (C=N–C) groups is 2. The molecule has 0 fully saturated rings. The maximum Gasteiger partial charge on any atom is 0.136 e. The summed E-state index contributed by atoms with van der Waals surface area (Å²) in [5.41, 5.74) is 6.56. The van der Waals surface area contributed by atoms with Gasteiger partial charge < -0.3 is 4.90 Å². The summed E-state index contributed by atoms with van der Waals surface area (Å²) in [5.74, 6) is 0.973. The first kappa shape index (κ1) is 25.4. The molecule has 0 saturated carbocycles. The minimum Gasteiger partial charge on any atom is -0.322 e. The zero-order valence-corrected chi connectivity index (χ0v) is 20.8. The van der Waals surface area contributed by atoms with Crippen molar-refractivity contribution in [1.82, 2.24) is 9.97 Å². The van der Waals surface area contributed by atoms with Gasteiger partial charge in [-0.1, -0.05) is 48.0 Å². The van der Waals surface area contributed by atoms with Crippen LogP contribution in [0.1, 0.15) is 42.4 Å². The Morgan fingerprint density at radius 2 is 1.86 bits per heavy atom. The lowest BCUT2D eigenvalue weighted by molar-refractivity contribution is 0.750. The second-order valence-electron chi connectivity index (χ2n) is 8.20. The van der Waals surface area contributed by atoms with Gasteiger partial charge in [-0.15, -0.1) is 0 Å². The molecule has 6 heteroatoms. The van der Waals surface area contributed by atoms with E-state index in [4.69, 9.17) is 10.4 Å². The molecule has 2 aromatic heterocycles. The number of nitrogens with zero attached hydrogens (tertiary/aromatic N) is 5. The Labute approximate surface area is 208 Å². The Balaban J connectivity index is 0.000000292. The van der Waals surface area contributed by atoms with E-state index in [0.717, 1.165) is 46.9 Å². The average Bonchev–Trinajstić information content (AvgIpc) is 3.32. The molecule has 1 N–H and O–H groups in total. The van der Waals surface area contributed by atoms with E-state index in [1.54, 1.807) is 6.21 Å². The number of aromatic nitrogens is 2. The number of aryl methyl sites for hydroxylation is 2. The molecule has 0 amide bonds. The zero-order chi connectivity index (χ0) is 25.0. The van der Waals surface area contributed by atoms with Gasteiger partial charge in [-0.25, -0.2) is 4.99 Å². The predicted octanol–water partition coefficient (Wildman–Crippen LogP) is 6.29. The fourth-order valence-electron chi connectivity index (χ4n) is 3.55. The minimum atomic E-state index is 0.0267. The third-order valence-electron chi connectivity index (χ3n) is 5.36. The topological polar surface area (TPSA) is 77.6 Å². The van der Waals surface area contributed by atoms with E-state index in [2.05, 4.69) is 57.1 Å². The van der Waals surface area contributed by atoms with Crippen LogP contribution in [0.4, 0.5) is 5.69 Å². The van der Waals surface area contributed by atoms with E-state index in [1.165, 1.54) is 5.56 Å². The van der Waals surface area contributed by atoms with Crippen molar-refractivity contribution in [3.63, 3.8) is 0 Å². The summed E-state index contributed by atoms with van der Waals surface area (Å²) >= 11 is 0. The van der Waals surface area contributed by atoms with Crippen LogP contribution in [0, 0.1) is 19.3 Å². The lowest BCUT2D eigenvalue weighted by Crippen LogP contribution is -2.28. The van der Waals surface area contributed by atoms with Gasteiger partial charge in [-0.05, 0) is 63.6 Å². The summed E-state index contributed by atoms with van der Waals surface area (Å²) < 4.78 is 0. The van der Waals surface area contributed by atoms with Gasteiger partial charge in [0.2, 0.25) is 0 Å². The van der Waals surface area contributed by atoms with E-state index in [-0.39, 0.29) is 6.04 Å². The molecule has 1 unspecified atom stereocenters. The van der Waals surface area contributed by atoms with E-state index < -0.39 is 0 Å². The van der Waals surface area contributed by atoms with Crippen LogP contribution in [-0.4, -0.2) is 34.9 Å². The normalized spacial score (nSPS) is 15.8. The number of hydrogen-bond donors (Lipinski definition) is 1. The van der Waals surface area contributed by atoms with Crippen molar-refractivity contribution >= 4 is 24.1 Å². The molecule has 1 atom stereocenters. The number of rotatable bonds is 6. The average molecular weight is 465 g/mol. The quantitative estimate of drug-likeness (QED) is 0.265. The summed E-state index contributed by atoms with van der Waals surface area (Å²) in [4.78, 5) is 19.8. The molecule has 0 radical (unpaired) electrons. The fourth-order valence-corrected chi connectivity index (χ4v) is 3.55. The Kier molecular flexibility index (Phi) is 9.37. The highest BCUT2D eigenvalue weighted by atomic mass is 15.3. The fraction of sp³-hybridized carbons (Fsp3) is 0.207. The largest absolute Gasteiger partial charge is 0.322 e. The lowest BCUT2D eigenvalue weighted by Gasteiger charge is -2.21. The van der Waals surface area contributed by atoms with Crippen molar-refractivity contribution in [3.05, 3.63) is 113 Å². The number of anilines is 1. The van der Waals surface area contributed by atoms with Gasteiger partial charge in [0.05, 0.1) is 24.1 Å². The molecule has 0 aliphatic carbocycles. The molecule has 1 aliphatic heterocycles. The Hall–Kier alpha value is -4.19. The summed E-state index contributed by atoms with van der Waals surface area (Å²) in [6.07, 6.45) is 12.2. The monoisotopic (exact) mass is 464 g/mol. The van der Waals surface area contributed by atoms with Crippen molar-refractivity contribution in [1.29, 1.82) is 5.41 Å². The predicted molar refractivity (Wildman–Crippen MR) is 147 cm³/mol. The number of benzene rings is 1. The molecule has 1 aliphatic rings. The van der Waals surface area contributed by atoms with Crippen molar-refractivity contribution in [2.24, 2.45) is 9.98 Å². The third-order valence-corrected chi connectivity index (χ3v) is 5.36. The van der Waals surface area contributed by atoms with Gasteiger partial charge in [0.25, 0.3) is 0 Å². The summed E-state index contributed by atoms with van der Waals surface area (Å²) in [6, 6.07) is 18.7. The molecule has 0 saturated heterocycles. The summed E-state index contributed by atoms with van der Waals surface area (Å²) in [7, 11) is 0. The first-order valence-corrected chi connectivity index (χ1v) is 11.6. The van der Waals surface area contributed by atoms with E-state index >= 15 is 0 Å². The molecule has 3 aromatic rings. The van der Waals surface area contributed by atoms with Crippen molar-refractivity contribution in [2.45, 2.75) is 33.7 Å². The maximum atomic E-state index is 6.58. The van der Waals surface area contributed by atoms with Crippen LogP contribution >= 0.6 is 0 Å². The standard InChI is InChI=1S/C21H20N4.C8H12N2/c1-15-6-9-17(10-7-15)21-24-20(19-5-3-4-12-22-19)14-25(21)18-11-8-16(2)23-13-18;1-3-4-8(2)5-6-10-7-9/h3-13,20H,14H2,1-2H3;3-7,9H,1-2H3/b;4-3-,8-5+,9-7?,10-6?. The zero-order valence-electron chi connectivity index (χ0n) is 20.8. The van der Waals surface area contributed by atoms with Crippen molar-refractivity contribution < 1.29 is 0 Å². The van der Waals surface area contributed by atoms with Crippen LogP contribution < -0.4 is 4.90 Å². The van der Waals surface area contributed by atoms with E-state index in [0.29, 0.717) is 0 Å². The van der Waals surface area contributed by atoms with Crippen LogP contribution in [0.3, 0.4) is 0 Å². The van der Waals surface area contributed by atoms with Gasteiger partial charge >= 0.3 is 0 Å². The SMILES string of the molecule is C/C=C\C(C)=C\C=NC=N.Cc1ccc(C2=NC(c3ccccn3)CN2c2ccc(C)nc2)cc1. The number of nitrogens with one attached hydrogen (secondary N) is 1. The van der Waals surface area contributed by atoms with Crippen LogP contribution in [0.2, 0.25) is 0 Å². The Morgan fingerprint density at radius 3 is 2.49 bits per heavy atom. The molecule has 1 aromatic carbocycles. The smallest absolute Gasteiger partial charge is 0.136 e. The maximum absolute atomic E-state index is 6.58. The molecule has 0 bridgehead atoms. The number of allylic oxidation sites excluding steroid dienone is 4. The number of amidine groups is 1. The molecular weight excluding hydrogens is 432 g/mol. The first-order valence-electron chi connectivity index (χ1n) is 11.6.